The molecule has 0 bridgehead atoms. The summed E-state index contributed by atoms with van der Waals surface area (Å²) in [6.45, 7) is 0.513. The fraction of sp³-hybridized carbons (Fsp3) is 0.0417. The van der Waals surface area contributed by atoms with E-state index in [4.69, 9.17) is 9.47 Å². The van der Waals surface area contributed by atoms with E-state index in [-0.39, 0.29) is 5.97 Å². The Labute approximate surface area is 210 Å². The molecule has 1 heterocycles. The van der Waals surface area contributed by atoms with Gasteiger partial charge in [-0.2, -0.15) is 0 Å². The summed E-state index contributed by atoms with van der Waals surface area (Å²) in [5.74, 6) is 1.07. The second-order valence-electron chi connectivity index (χ2n) is 6.59. The van der Waals surface area contributed by atoms with Crippen molar-refractivity contribution in [2.45, 2.75) is 6.61 Å². The Morgan fingerprint density at radius 2 is 1.63 bits per heavy atom. The zero-order valence-corrected chi connectivity index (χ0v) is 21.5. The number of hydrogen-bond acceptors (Lipinski definition) is 3. The number of benzene rings is 3. The van der Waals surface area contributed by atoms with Crippen molar-refractivity contribution in [3.63, 3.8) is 0 Å². The molecular weight excluding hydrogens is 670 g/mol. The summed E-state index contributed by atoms with van der Waals surface area (Å²) in [5.41, 5.74) is 3.44. The number of rotatable bonds is 5. The minimum Gasteiger partial charge on any atom is -0.487 e. The summed E-state index contributed by atoms with van der Waals surface area (Å²) < 4.78 is 14.5. The van der Waals surface area contributed by atoms with Crippen LogP contribution < -0.4 is 4.74 Å². The Morgan fingerprint density at radius 1 is 0.967 bits per heavy atom. The molecule has 3 aromatic carbocycles. The Bertz CT molecular complexity index is 1130. The minimum absolute atomic E-state index is 0.345. The van der Waals surface area contributed by atoms with Crippen molar-refractivity contribution in [1.29, 1.82) is 0 Å². The van der Waals surface area contributed by atoms with Gasteiger partial charge in [0.15, 0.2) is 0 Å². The fourth-order valence-electron chi connectivity index (χ4n) is 2.96. The molecule has 0 N–H and O–H groups in total. The Balaban J connectivity index is 1.56. The van der Waals surface area contributed by atoms with E-state index in [9.17, 15) is 4.79 Å². The van der Waals surface area contributed by atoms with Gasteiger partial charge in [-0.25, -0.2) is 4.79 Å². The van der Waals surface area contributed by atoms with Gasteiger partial charge >= 0.3 is 5.97 Å². The van der Waals surface area contributed by atoms with Crippen LogP contribution in [0.4, 0.5) is 0 Å². The summed E-state index contributed by atoms with van der Waals surface area (Å²) in [5, 5.41) is 0. The van der Waals surface area contributed by atoms with Gasteiger partial charge < -0.3 is 9.47 Å². The van der Waals surface area contributed by atoms with Crippen LogP contribution in [0.2, 0.25) is 0 Å². The molecule has 6 heteroatoms. The summed E-state index contributed by atoms with van der Waals surface area (Å²) >= 11 is 7.95. The van der Waals surface area contributed by atoms with Gasteiger partial charge in [0, 0.05) is 10.0 Å². The van der Waals surface area contributed by atoms with E-state index < -0.39 is 0 Å². The number of cyclic esters (lactones) is 1. The van der Waals surface area contributed by atoms with Crippen molar-refractivity contribution < 1.29 is 14.3 Å². The van der Waals surface area contributed by atoms with Crippen LogP contribution in [0.1, 0.15) is 16.7 Å². The van der Waals surface area contributed by atoms with E-state index in [1.54, 1.807) is 6.08 Å². The molecule has 0 saturated heterocycles. The predicted molar refractivity (Wildman–Crippen MR) is 139 cm³/mol. The van der Waals surface area contributed by atoms with Gasteiger partial charge in [-0.3, -0.25) is 0 Å². The van der Waals surface area contributed by atoms with Gasteiger partial charge in [-0.05, 0) is 92.7 Å². The van der Waals surface area contributed by atoms with Crippen LogP contribution in [0, 0.1) is 7.14 Å². The lowest BCUT2D eigenvalue weighted by Crippen LogP contribution is -2.00. The highest BCUT2D eigenvalue weighted by Gasteiger charge is 2.22. The Morgan fingerprint density at radius 3 is 2.30 bits per heavy atom. The molecule has 150 valence electrons. The first-order valence-corrected chi connectivity index (χ1v) is 12.0. The standard InChI is InChI=1S/C24H15BrI2O3/c25-19-8-6-17(7-9-19)22-13-18(24(28)30-22)10-16-11-20(26)23(21(27)12-16)29-14-15-4-2-1-3-5-15/h1-13H,14H2/b18-10+. The molecule has 0 fully saturated rings. The maximum atomic E-state index is 12.3. The first-order valence-electron chi connectivity index (χ1n) is 9.07. The highest BCUT2D eigenvalue weighted by atomic mass is 127. The zero-order valence-electron chi connectivity index (χ0n) is 15.6. The largest absolute Gasteiger partial charge is 0.487 e. The van der Waals surface area contributed by atoms with E-state index >= 15 is 0 Å². The van der Waals surface area contributed by atoms with Gasteiger partial charge in [0.2, 0.25) is 0 Å². The number of carbonyl (C=O) groups is 1. The maximum Gasteiger partial charge on any atom is 0.343 e. The third-order valence-corrected chi connectivity index (χ3v) is 6.55. The lowest BCUT2D eigenvalue weighted by molar-refractivity contribution is -0.130. The number of ether oxygens (including phenoxy) is 2. The van der Waals surface area contributed by atoms with Crippen LogP contribution in [-0.2, 0) is 16.1 Å². The monoisotopic (exact) mass is 684 g/mol. The number of hydrogen-bond donors (Lipinski definition) is 0. The molecule has 0 unspecified atom stereocenters. The highest BCUT2D eigenvalue weighted by molar-refractivity contribution is 14.1. The highest BCUT2D eigenvalue weighted by Crippen LogP contribution is 2.32. The van der Waals surface area contributed by atoms with Crippen LogP contribution in [0.3, 0.4) is 0 Å². The van der Waals surface area contributed by atoms with Crippen LogP contribution in [-0.4, -0.2) is 5.97 Å². The predicted octanol–water partition coefficient (Wildman–Crippen LogP) is 7.22. The molecule has 30 heavy (non-hydrogen) atoms. The first kappa shape index (κ1) is 21.6. The zero-order chi connectivity index (χ0) is 21.1. The van der Waals surface area contributed by atoms with Gasteiger partial charge in [0.1, 0.15) is 18.1 Å². The second-order valence-corrected chi connectivity index (χ2v) is 9.83. The molecule has 3 aromatic rings. The van der Waals surface area contributed by atoms with E-state index in [1.807, 2.05) is 72.8 Å². The number of halogens is 3. The number of esters is 1. The van der Waals surface area contributed by atoms with Gasteiger partial charge in [-0.15, -0.1) is 0 Å². The normalized spacial score (nSPS) is 14.6. The summed E-state index contributed by atoms with van der Waals surface area (Å²) in [6, 6.07) is 21.8. The molecule has 0 spiro atoms. The van der Waals surface area contributed by atoms with Crippen LogP contribution in [0.25, 0.3) is 11.8 Å². The third-order valence-electron chi connectivity index (χ3n) is 4.42. The summed E-state index contributed by atoms with van der Waals surface area (Å²) in [7, 11) is 0. The molecule has 4 rings (SSSR count). The molecule has 0 aromatic heterocycles. The van der Waals surface area contributed by atoms with Crippen molar-refractivity contribution in [2.75, 3.05) is 0 Å². The van der Waals surface area contributed by atoms with Crippen LogP contribution in [0.5, 0.6) is 5.75 Å². The van der Waals surface area contributed by atoms with Crippen molar-refractivity contribution in [3.05, 3.63) is 107 Å². The van der Waals surface area contributed by atoms with Crippen molar-refractivity contribution in [2.24, 2.45) is 0 Å². The molecule has 1 aliphatic rings. The van der Waals surface area contributed by atoms with Gasteiger partial charge in [0.25, 0.3) is 0 Å². The Hall–Kier alpha value is -1.65. The third kappa shape index (κ3) is 5.15. The Kier molecular flexibility index (Phi) is 6.94. The molecule has 0 radical (unpaired) electrons. The second kappa shape index (κ2) is 9.65. The molecule has 1 aliphatic heterocycles. The molecule has 0 saturated carbocycles. The van der Waals surface area contributed by atoms with Crippen molar-refractivity contribution >= 4 is 78.9 Å². The molecule has 0 aliphatic carbocycles. The first-order chi connectivity index (χ1) is 14.5. The lowest BCUT2D eigenvalue weighted by Gasteiger charge is -2.11. The fourth-order valence-corrected chi connectivity index (χ4v) is 5.35. The van der Waals surface area contributed by atoms with Crippen molar-refractivity contribution in [3.8, 4) is 5.75 Å². The summed E-state index contributed by atoms with van der Waals surface area (Å²) in [4.78, 5) is 12.3. The smallest absolute Gasteiger partial charge is 0.343 e. The van der Waals surface area contributed by atoms with Gasteiger partial charge in [-0.1, -0.05) is 58.4 Å². The number of carbonyl (C=O) groups excluding carboxylic acids is 1. The quantitative estimate of drug-likeness (QED) is 0.162. The van der Waals surface area contributed by atoms with Crippen LogP contribution >= 0.6 is 61.1 Å². The van der Waals surface area contributed by atoms with Gasteiger partial charge in [0.05, 0.1) is 12.7 Å². The average Bonchev–Trinajstić information content (AvgIpc) is 3.09. The van der Waals surface area contributed by atoms with Crippen molar-refractivity contribution in [1.82, 2.24) is 0 Å². The van der Waals surface area contributed by atoms with E-state index in [0.29, 0.717) is 17.9 Å². The lowest BCUT2D eigenvalue weighted by atomic mass is 10.1. The maximum absolute atomic E-state index is 12.3. The topological polar surface area (TPSA) is 35.5 Å². The molecular formula is C24H15BrI2O3. The SMILES string of the molecule is O=C1OC(c2ccc(Br)cc2)=C/C1=C\c1cc(I)c(OCc2ccccc2)c(I)c1. The van der Waals surface area contributed by atoms with E-state index in [0.717, 1.165) is 34.1 Å². The molecule has 0 amide bonds. The van der Waals surface area contributed by atoms with E-state index in [1.165, 1.54) is 0 Å². The average molecular weight is 685 g/mol. The molecule has 0 atom stereocenters. The minimum atomic E-state index is -0.345. The molecule has 3 nitrogen and oxygen atoms in total. The summed E-state index contributed by atoms with van der Waals surface area (Å²) in [6.07, 6.45) is 3.63. The van der Waals surface area contributed by atoms with Crippen LogP contribution in [0.15, 0.2) is 82.9 Å². The van der Waals surface area contributed by atoms with E-state index in [2.05, 4.69) is 61.1 Å².